The summed E-state index contributed by atoms with van der Waals surface area (Å²) in [7, 11) is 0. The molecular formula is C16H18F3N3O2. The largest absolute Gasteiger partial charge is 0.491 e. The van der Waals surface area contributed by atoms with E-state index in [1.807, 2.05) is 18.2 Å². The van der Waals surface area contributed by atoms with Crippen molar-refractivity contribution in [3.8, 4) is 5.75 Å². The Bertz CT molecular complexity index is 684. The lowest BCUT2D eigenvalue weighted by molar-refractivity contribution is -0.141. The minimum atomic E-state index is -4.52. The van der Waals surface area contributed by atoms with E-state index in [9.17, 15) is 18.0 Å². The zero-order valence-corrected chi connectivity index (χ0v) is 13.3. The van der Waals surface area contributed by atoms with Crippen molar-refractivity contribution >= 4 is 5.91 Å². The summed E-state index contributed by atoms with van der Waals surface area (Å²) in [5.41, 5.74) is -0.737. The van der Waals surface area contributed by atoms with E-state index < -0.39 is 17.8 Å². The molecular weight excluding hydrogens is 323 g/mol. The third-order valence-electron chi connectivity index (χ3n) is 3.22. The lowest BCUT2D eigenvalue weighted by Crippen LogP contribution is -2.39. The van der Waals surface area contributed by atoms with Crippen LogP contribution in [-0.2, 0) is 17.5 Å². The fraction of sp³-hybridized carbons (Fsp3) is 0.375. The molecule has 0 aliphatic rings. The van der Waals surface area contributed by atoms with Gasteiger partial charge in [-0.15, -0.1) is 0 Å². The quantitative estimate of drug-likeness (QED) is 0.879. The van der Waals surface area contributed by atoms with Gasteiger partial charge in [-0.1, -0.05) is 18.2 Å². The van der Waals surface area contributed by atoms with E-state index in [1.165, 1.54) is 6.92 Å². The maximum atomic E-state index is 12.6. The summed E-state index contributed by atoms with van der Waals surface area (Å²) in [5.74, 6) is 0.246. The molecule has 1 aromatic heterocycles. The maximum Gasteiger partial charge on any atom is 0.435 e. The highest BCUT2D eigenvalue weighted by atomic mass is 19.4. The Balaban J connectivity index is 1.85. The number of rotatable bonds is 6. The van der Waals surface area contributed by atoms with Gasteiger partial charge < -0.3 is 10.1 Å². The van der Waals surface area contributed by atoms with Crippen molar-refractivity contribution in [2.75, 3.05) is 6.61 Å². The van der Waals surface area contributed by atoms with Crippen LogP contribution in [0.2, 0.25) is 0 Å². The molecule has 5 nitrogen and oxygen atoms in total. The molecule has 2 rings (SSSR count). The van der Waals surface area contributed by atoms with Gasteiger partial charge in [-0.25, -0.2) is 0 Å². The smallest absolute Gasteiger partial charge is 0.435 e. The van der Waals surface area contributed by atoms with Crippen LogP contribution in [0, 0.1) is 6.92 Å². The van der Waals surface area contributed by atoms with Crippen LogP contribution in [0.1, 0.15) is 18.3 Å². The Morgan fingerprint density at radius 3 is 2.58 bits per heavy atom. The summed E-state index contributed by atoms with van der Waals surface area (Å²) in [6.45, 7) is 3.19. The number of nitrogens with zero attached hydrogens (tertiary/aromatic N) is 2. The first-order chi connectivity index (χ1) is 11.3. The fourth-order valence-corrected chi connectivity index (χ4v) is 2.04. The van der Waals surface area contributed by atoms with E-state index in [0.29, 0.717) is 5.75 Å². The van der Waals surface area contributed by atoms with Crippen LogP contribution in [0.5, 0.6) is 5.75 Å². The predicted molar refractivity (Wildman–Crippen MR) is 81.5 cm³/mol. The molecule has 0 unspecified atom stereocenters. The van der Waals surface area contributed by atoms with Gasteiger partial charge in [-0.05, 0) is 32.0 Å². The molecule has 130 valence electrons. The Hall–Kier alpha value is -2.51. The molecule has 8 heteroatoms. The minimum absolute atomic E-state index is 0.252. The van der Waals surface area contributed by atoms with E-state index in [2.05, 4.69) is 10.4 Å². The van der Waals surface area contributed by atoms with Crippen molar-refractivity contribution < 1.29 is 22.7 Å². The molecule has 2 aromatic rings. The van der Waals surface area contributed by atoms with Gasteiger partial charge in [0.2, 0.25) is 5.91 Å². The number of amides is 1. The number of benzene rings is 1. The van der Waals surface area contributed by atoms with Gasteiger partial charge in [0.1, 0.15) is 18.9 Å². The van der Waals surface area contributed by atoms with Crippen LogP contribution >= 0.6 is 0 Å². The number of nitrogens with one attached hydrogen (secondary N) is 1. The second-order valence-electron chi connectivity index (χ2n) is 5.42. The predicted octanol–water partition coefficient (Wildman–Crippen LogP) is 2.79. The minimum Gasteiger partial charge on any atom is -0.491 e. The molecule has 1 amide bonds. The number of carbonyl (C=O) groups excluding carboxylic acids is 1. The molecule has 24 heavy (non-hydrogen) atoms. The van der Waals surface area contributed by atoms with E-state index in [1.54, 1.807) is 19.1 Å². The molecule has 1 heterocycles. The molecule has 1 aromatic carbocycles. The van der Waals surface area contributed by atoms with Crippen molar-refractivity contribution in [1.82, 2.24) is 15.1 Å². The van der Waals surface area contributed by atoms with Gasteiger partial charge in [0.15, 0.2) is 5.69 Å². The summed E-state index contributed by atoms with van der Waals surface area (Å²) in [4.78, 5) is 11.9. The lowest BCUT2D eigenvalue weighted by atomic mass is 10.3. The number of carbonyl (C=O) groups is 1. The molecule has 0 aliphatic heterocycles. The summed E-state index contributed by atoms with van der Waals surface area (Å²) in [5, 5.41) is 6.09. The van der Waals surface area contributed by atoms with Crippen LogP contribution in [-0.4, -0.2) is 28.3 Å². The second kappa shape index (κ2) is 7.37. The first kappa shape index (κ1) is 17.8. The van der Waals surface area contributed by atoms with Crippen molar-refractivity contribution in [1.29, 1.82) is 0 Å². The van der Waals surface area contributed by atoms with Crippen LogP contribution in [0.15, 0.2) is 36.4 Å². The van der Waals surface area contributed by atoms with Crippen LogP contribution in [0.25, 0.3) is 0 Å². The molecule has 0 radical (unpaired) electrons. The maximum absolute atomic E-state index is 12.6. The van der Waals surface area contributed by atoms with Crippen LogP contribution < -0.4 is 10.1 Å². The van der Waals surface area contributed by atoms with Crippen molar-refractivity contribution in [3.63, 3.8) is 0 Å². The Labute approximate surface area is 137 Å². The molecule has 0 saturated carbocycles. The zero-order valence-electron chi connectivity index (χ0n) is 13.3. The summed E-state index contributed by atoms with van der Waals surface area (Å²) in [6, 6.07) is 9.72. The number of hydrogen-bond donors (Lipinski definition) is 1. The molecule has 0 spiro atoms. The standard InChI is InChI=1S/C16H18F3N3O2/c1-11(10-24-13-6-4-3-5-7-13)20-15(23)9-22-12(2)8-14(21-22)16(17,18)19/h3-8,11H,9-10H2,1-2H3,(H,20,23)/t11-/m1/s1. The highest BCUT2D eigenvalue weighted by molar-refractivity contribution is 5.76. The normalized spacial score (nSPS) is 12.7. The number of alkyl halides is 3. The van der Waals surface area contributed by atoms with Crippen LogP contribution in [0.4, 0.5) is 13.2 Å². The van der Waals surface area contributed by atoms with Gasteiger partial charge in [0.25, 0.3) is 0 Å². The highest BCUT2D eigenvalue weighted by Crippen LogP contribution is 2.28. The third-order valence-corrected chi connectivity index (χ3v) is 3.22. The third kappa shape index (κ3) is 5.00. The lowest BCUT2D eigenvalue weighted by Gasteiger charge is -2.15. The topological polar surface area (TPSA) is 56.2 Å². The molecule has 0 fully saturated rings. The number of halogens is 3. The average molecular weight is 341 g/mol. The van der Waals surface area contributed by atoms with Crippen molar-refractivity contribution in [3.05, 3.63) is 47.8 Å². The summed E-state index contributed by atoms with van der Waals surface area (Å²) in [6.07, 6.45) is -4.52. The molecule has 0 aliphatic carbocycles. The van der Waals surface area contributed by atoms with Crippen LogP contribution in [0.3, 0.4) is 0 Å². The fourth-order valence-electron chi connectivity index (χ4n) is 2.04. The molecule has 0 saturated heterocycles. The first-order valence-corrected chi connectivity index (χ1v) is 7.34. The monoisotopic (exact) mass is 341 g/mol. The number of hydrogen-bond acceptors (Lipinski definition) is 3. The highest BCUT2D eigenvalue weighted by Gasteiger charge is 2.34. The Kier molecular flexibility index (Phi) is 5.48. The number of para-hydroxylation sites is 1. The van der Waals surface area contributed by atoms with Gasteiger partial charge in [-0.2, -0.15) is 18.3 Å². The Morgan fingerprint density at radius 2 is 2.00 bits per heavy atom. The van der Waals surface area contributed by atoms with Gasteiger partial charge >= 0.3 is 6.18 Å². The molecule has 0 bridgehead atoms. The second-order valence-corrected chi connectivity index (χ2v) is 5.42. The molecule has 1 N–H and O–H groups in total. The van der Waals surface area contributed by atoms with Gasteiger partial charge in [-0.3, -0.25) is 9.48 Å². The Morgan fingerprint density at radius 1 is 1.33 bits per heavy atom. The first-order valence-electron chi connectivity index (χ1n) is 7.34. The van der Waals surface area contributed by atoms with E-state index >= 15 is 0 Å². The number of aryl methyl sites for hydroxylation is 1. The number of aromatic nitrogens is 2. The van der Waals surface area contributed by atoms with Crippen molar-refractivity contribution in [2.24, 2.45) is 0 Å². The van der Waals surface area contributed by atoms with Gasteiger partial charge in [0, 0.05) is 5.69 Å². The van der Waals surface area contributed by atoms with E-state index in [0.717, 1.165) is 10.7 Å². The van der Waals surface area contributed by atoms with Crippen molar-refractivity contribution in [2.45, 2.75) is 32.6 Å². The average Bonchev–Trinajstić information content (AvgIpc) is 2.87. The summed E-state index contributed by atoms with van der Waals surface area (Å²) < 4.78 is 44.3. The van der Waals surface area contributed by atoms with Gasteiger partial charge in [0.05, 0.1) is 6.04 Å². The number of ether oxygens (including phenoxy) is 1. The summed E-state index contributed by atoms with van der Waals surface area (Å²) >= 11 is 0. The molecule has 1 atom stereocenters. The SMILES string of the molecule is Cc1cc(C(F)(F)F)nn1CC(=O)N[C@H](C)COc1ccccc1. The zero-order chi connectivity index (χ0) is 17.7. The van der Waals surface area contributed by atoms with E-state index in [-0.39, 0.29) is 24.9 Å². The van der Waals surface area contributed by atoms with E-state index in [4.69, 9.17) is 4.74 Å².